The predicted molar refractivity (Wildman–Crippen MR) is 68.0 cm³/mol. The second-order valence-corrected chi connectivity index (χ2v) is 4.49. The number of carbonyl (C=O) groups excluding carboxylic acids is 1. The highest BCUT2D eigenvalue weighted by Crippen LogP contribution is 2.33. The molecular weight excluding hydrogens is 257 g/mol. The van der Waals surface area contributed by atoms with E-state index in [2.05, 4.69) is 5.32 Å². The SMILES string of the molecule is Cc1ccc(NCCC(=O)N(C)C)cc1C(F)(F)F. The Hall–Kier alpha value is -1.72. The molecular formula is C13H17F3N2O. The Morgan fingerprint density at radius 2 is 1.95 bits per heavy atom. The molecule has 0 saturated carbocycles. The van der Waals surface area contributed by atoms with Crippen molar-refractivity contribution in [1.82, 2.24) is 4.90 Å². The first-order valence-electron chi connectivity index (χ1n) is 5.83. The van der Waals surface area contributed by atoms with Crippen LogP contribution in [0.25, 0.3) is 0 Å². The number of rotatable bonds is 4. The van der Waals surface area contributed by atoms with Gasteiger partial charge in [-0.1, -0.05) is 6.07 Å². The minimum atomic E-state index is -4.36. The van der Waals surface area contributed by atoms with E-state index in [1.54, 1.807) is 20.2 Å². The molecule has 0 fully saturated rings. The summed E-state index contributed by atoms with van der Waals surface area (Å²) in [6.07, 6.45) is -4.12. The number of carbonyl (C=O) groups is 1. The van der Waals surface area contributed by atoms with Gasteiger partial charge in [0.05, 0.1) is 5.56 Å². The van der Waals surface area contributed by atoms with Crippen molar-refractivity contribution in [2.75, 3.05) is 26.0 Å². The fourth-order valence-electron chi connectivity index (χ4n) is 1.57. The number of benzene rings is 1. The van der Waals surface area contributed by atoms with E-state index < -0.39 is 11.7 Å². The van der Waals surface area contributed by atoms with Crippen molar-refractivity contribution in [3.63, 3.8) is 0 Å². The van der Waals surface area contributed by atoms with Crippen molar-refractivity contribution in [3.05, 3.63) is 29.3 Å². The van der Waals surface area contributed by atoms with Crippen LogP contribution < -0.4 is 5.32 Å². The molecule has 0 saturated heterocycles. The van der Waals surface area contributed by atoms with E-state index in [0.717, 1.165) is 6.07 Å². The van der Waals surface area contributed by atoms with Gasteiger partial charge in [0.2, 0.25) is 5.91 Å². The van der Waals surface area contributed by atoms with Crippen LogP contribution in [0.15, 0.2) is 18.2 Å². The van der Waals surface area contributed by atoms with Gasteiger partial charge in [-0.05, 0) is 24.6 Å². The molecule has 1 aromatic carbocycles. The summed E-state index contributed by atoms with van der Waals surface area (Å²) in [5.74, 6) is -0.0735. The summed E-state index contributed by atoms with van der Waals surface area (Å²) in [7, 11) is 3.27. The van der Waals surface area contributed by atoms with Crippen molar-refractivity contribution in [2.24, 2.45) is 0 Å². The van der Waals surface area contributed by atoms with Gasteiger partial charge in [-0.15, -0.1) is 0 Å². The summed E-state index contributed by atoms with van der Waals surface area (Å²) in [5, 5.41) is 2.82. The maximum Gasteiger partial charge on any atom is 0.416 e. The van der Waals surface area contributed by atoms with E-state index in [0.29, 0.717) is 12.2 Å². The summed E-state index contributed by atoms with van der Waals surface area (Å²) < 4.78 is 38.1. The Labute approximate surface area is 110 Å². The molecule has 0 unspecified atom stereocenters. The second-order valence-electron chi connectivity index (χ2n) is 4.49. The number of amides is 1. The first-order valence-corrected chi connectivity index (χ1v) is 5.83. The number of aryl methyl sites for hydroxylation is 1. The Bertz CT molecular complexity index is 456. The lowest BCUT2D eigenvalue weighted by atomic mass is 10.1. The first-order chi connectivity index (χ1) is 8.71. The lowest BCUT2D eigenvalue weighted by molar-refractivity contribution is -0.138. The smallest absolute Gasteiger partial charge is 0.385 e. The van der Waals surface area contributed by atoms with Crippen LogP contribution in [0.2, 0.25) is 0 Å². The van der Waals surface area contributed by atoms with Gasteiger partial charge in [0.25, 0.3) is 0 Å². The largest absolute Gasteiger partial charge is 0.416 e. The molecule has 1 aromatic rings. The molecule has 0 heterocycles. The van der Waals surface area contributed by atoms with Crippen molar-refractivity contribution < 1.29 is 18.0 Å². The third-order valence-corrected chi connectivity index (χ3v) is 2.71. The molecule has 106 valence electrons. The Kier molecular flexibility index (Phi) is 4.80. The average molecular weight is 274 g/mol. The average Bonchev–Trinajstić information content (AvgIpc) is 2.29. The van der Waals surface area contributed by atoms with Crippen LogP contribution in [0.4, 0.5) is 18.9 Å². The van der Waals surface area contributed by atoms with E-state index in [-0.39, 0.29) is 17.9 Å². The zero-order valence-electron chi connectivity index (χ0n) is 11.1. The second kappa shape index (κ2) is 5.95. The van der Waals surface area contributed by atoms with Gasteiger partial charge in [0.1, 0.15) is 0 Å². The number of hydrogen-bond donors (Lipinski definition) is 1. The van der Waals surface area contributed by atoms with Gasteiger partial charge < -0.3 is 10.2 Å². The van der Waals surface area contributed by atoms with Gasteiger partial charge >= 0.3 is 6.18 Å². The monoisotopic (exact) mass is 274 g/mol. The molecule has 1 amide bonds. The number of alkyl halides is 3. The van der Waals surface area contributed by atoms with E-state index in [9.17, 15) is 18.0 Å². The zero-order valence-corrected chi connectivity index (χ0v) is 11.1. The topological polar surface area (TPSA) is 32.3 Å². The van der Waals surface area contributed by atoms with Crippen LogP contribution in [0.1, 0.15) is 17.5 Å². The first kappa shape index (κ1) is 15.3. The van der Waals surface area contributed by atoms with E-state index in [4.69, 9.17) is 0 Å². The van der Waals surface area contributed by atoms with Crippen LogP contribution in [0.5, 0.6) is 0 Å². The molecule has 0 aliphatic rings. The standard InChI is InChI=1S/C13H17F3N2O/c1-9-4-5-10(8-11(9)13(14,15)16)17-7-6-12(19)18(2)3/h4-5,8,17H,6-7H2,1-3H3. The zero-order chi connectivity index (χ0) is 14.6. The number of halogens is 3. The molecule has 0 aliphatic carbocycles. The molecule has 3 nitrogen and oxygen atoms in total. The Balaban J connectivity index is 2.68. The molecule has 0 aromatic heterocycles. The maximum absolute atomic E-state index is 12.7. The highest BCUT2D eigenvalue weighted by molar-refractivity contribution is 5.76. The van der Waals surface area contributed by atoms with Crippen LogP contribution in [0, 0.1) is 6.92 Å². The maximum atomic E-state index is 12.7. The highest BCUT2D eigenvalue weighted by Gasteiger charge is 2.32. The minimum Gasteiger partial charge on any atom is -0.385 e. The highest BCUT2D eigenvalue weighted by atomic mass is 19.4. The molecule has 0 bridgehead atoms. The van der Waals surface area contributed by atoms with Crippen LogP contribution in [0.3, 0.4) is 0 Å². The summed E-state index contributed by atoms with van der Waals surface area (Å²) >= 11 is 0. The third-order valence-electron chi connectivity index (χ3n) is 2.71. The van der Waals surface area contributed by atoms with Gasteiger partial charge in [0.15, 0.2) is 0 Å². The molecule has 1 N–H and O–H groups in total. The summed E-state index contributed by atoms with van der Waals surface area (Å²) in [6, 6.07) is 4.05. The molecule has 0 atom stereocenters. The van der Waals surface area contributed by atoms with Crippen molar-refractivity contribution >= 4 is 11.6 Å². The fraction of sp³-hybridized carbons (Fsp3) is 0.462. The van der Waals surface area contributed by atoms with E-state index in [1.165, 1.54) is 17.9 Å². The van der Waals surface area contributed by atoms with E-state index in [1.807, 2.05) is 0 Å². The Morgan fingerprint density at radius 3 is 2.47 bits per heavy atom. The fourth-order valence-corrected chi connectivity index (χ4v) is 1.57. The van der Waals surface area contributed by atoms with Crippen molar-refractivity contribution in [2.45, 2.75) is 19.5 Å². The quantitative estimate of drug-likeness (QED) is 0.915. The summed E-state index contributed by atoms with van der Waals surface area (Å²) in [4.78, 5) is 12.8. The molecule has 19 heavy (non-hydrogen) atoms. The van der Waals surface area contributed by atoms with Gasteiger partial charge in [-0.25, -0.2) is 0 Å². The predicted octanol–water partition coefficient (Wildman–Crippen LogP) is 2.90. The van der Waals surface area contributed by atoms with Gasteiger partial charge in [-0.2, -0.15) is 13.2 Å². The molecule has 0 aliphatic heterocycles. The Morgan fingerprint density at radius 1 is 1.32 bits per heavy atom. The number of nitrogens with one attached hydrogen (secondary N) is 1. The minimum absolute atomic E-state index is 0.0735. The lowest BCUT2D eigenvalue weighted by Gasteiger charge is -2.14. The van der Waals surface area contributed by atoms with Crippen molar-refractivity contribution in [1.29, 1.82) is 0 Å². The molecule has 0 radical (unpaired) electrons. The van der Waals surface area contributed by atoms with E-state index >= 15 is 0 Å². The lowest BCUT2D eigenvalue weighted by Crippen LogP contribution is -2.23. The molecule has 0 spiro atoms. The van der Waals surface area contributed by atoms with Gasteiger partial charge in [-0.3, -0.25) is 4.79 Å². The number of hydrogen-bond acceptors (Lipinski definition) is 2. The summed E-state index contributed by atoms with van der Waals surface area (Å²) in [5.41, 5.74) is -0.108. The molecule has 1 rings (SSSR count). The third kappa shape index (κ3) is 4.46. The van der Waals surface area contributed by atoms with Crippen LogP contribution in [-0.2, 0) is 11.0 Å². The number of anilines is 1. The summed E-state index contributed by atoms with van der Waals surface area (Å²) in [6.45, 7) is 1.72. The normalized spacial score (nSPS) is 11.3. The van der Waals surface area contributed by atoms with Crippen LogP contribution >= 0.6 is 0 Å². The van der Waals surface area contributed by atoms with Gasteiger partial charge in [0, 0.05) is 32.7 Å². The number of nitrogens with zero attached hydrogens (tertiary/aromatic N) is 1. The van der Waals surface area contributed by atoms with Crippen molar-refractivity contribution in [3.8, 4) is 0 Å². The molecule has 6 heteroatoms. The van der Waals surface area contributed by atoms with Crippen LogP contribution in [-0.4, -0.2) is 31.4 Å².